The molecule has 1 amide bonds. The Hall–Kier alpha value is -3.93. The summed E-state index contributed by atoms with van der Waals surface area (Å²) in [5.41, 5.74) is 5.12. The molecule has 40 heavy (non-hydrogen) atoms. The molecule has 0 aliphatic carbocycles. The number of ether oxygens (including phenoxy) is 1. The standard InChI is InChI=1S/C20H21NO4.C8H10O.3C2H6/c1-15-5-3-6-17(13-15)14-16-8-10-18(11-9-16)20(24)25-21(2)19(23)7-4-12-22;1-7-3-5-8(9-2)6-4-7;3*1-2/h3,5-6,8-13H,4,7,14H2,1-2H3;3-6H,1-2H3;3*1-2H3. The van der Waals surface area contributed by atoms with Gasteiger partial charge in [0.1, 0.15) is 12.0 Å². The minimum absolute atomic E-state index is 0.0166. The van der Waals surface area contributed by atoms with E-state index in [1.807, 2.05) is 84.0 Å². The summed E-state index contributed by atoms with van der Waals surface area (Å²) in [4.78, 5) is 39.0. The van der Waals surface area contributed by atoms with E-state index in [1.54, 1.807) is 19.2 Å². The molecule has 3 rings (SSSR count). The maximum Gasteiger partial charge on any atom is 0.363 e. The molecular weight excluding hydrogens is 502 g/mol. The van der Waals surface area contributed by atoms with Crippen LogP contribution in [0.15, 0.2) is 72.8 Å². The van der Waals surface area contributed by atoms with Crippen molar-refractivity contribution in [2.45, 2.75) is 74.7 Å². The van der Waals surface area contributed by atoms with Crippen LogP contribution in [0.2, 0.25) is 0 Å². The van der Waals surface area contributed by atoms with Crippen molar-refractivity contribution in [1.29, 1.82) is 0 Å². The lowest BCUT2D eigenvalue weighted by Gasteiger charge is -2.15. The topological polar surface area (TPSA) is 72.9 Å². The van der Waals surface area contributed by atoms with Crippen LogP contribution in [0, 0.1) is 13.8 Å². The van der Waals surface area contributed by atoms with Crippen LogP contribution in [0.5, 0.6) is 5.75 Å². The SMILES string of the molecule is CC.CC.CC.COc1ccc(C)cc1.Cc1cccc(Cc2ccc(C(=O)ON(C)C(=O)CCC=O)cc2)c1. The van der Waals surface area contributed by atoms with Gasteiger partial charge in [-0.3, -0.25) is 4.79 Å². The molecule has 0 aliphatic rings. The molecule has 0 N–H and O–H groups in total. The number of aldehydes is 1. The first-order valence-electron chi connectivity index (χ1n) is 14.0. The largest absolute Gasteiger partial charge is 0.497 e. The molecule has 0 radical (unpaired) electrons. The molecule has 0 aromatic heterocycles. The van der Waals surface area contributed by atoms with Crippen molar-refractivity contribution in [2.75, 3.05) is 14.2 Å². The van der Waals surface area contributed by atoms with Gasteiger partial charge in [-0.05, 0) is 55.7 Å². The maximum atomic E-state index is 12.1. The number of hydrogen-bond donors (Lipinski definition) is 0. The molecule has 3 aromatic carbocycles. The van der Waals surface area contributed by atoms with Gasteiger partial charge in [0, 0.05) is 19.9 Å². The Morgan fingerprint density at radius 2 is 1.35 bits per heavy atom. The summed E-state index contributed by atoms with van der Waals surface area (Å²) in [6.45, 7) is 16.1. The molecule has 220 valence electrons. The fraction of sp³-hybridized carbons (Fsp3) is 0.382. The normalized spacial score (nSPS) is 8.85. The molecule has 6 nitrogen and oxygen atoms in total. The third-order valence-corrected chi connectivity index (χ3v) is 4.98. The number of amides is 1. The number of carbonyl (C=O) groups is 3. The minimum atomic E-state index is -0.607. The van der Waals surface area contributed by atoms with Gasteiger partial charge >= 0.3 is 5.97 Å². The summed E-state index contributed by atoms with van der Waals surface area (Å²) >= 11 is 0. The number of nitrogens with zero attached hydrogens (tertiary/aromatic N) is 1. The molecule has 0 saturated carbocycles. The zero-order valence-electron chi connectivity index (χ0n) is 26.1. The lowest BCUT2D eigenvalue weighted by molar-refractivity contribution is -0.161. The molecule has 0 unspecified atom stereocenters. The second-order valence-electron chi connectivity index (χ2n) is 7.86. The summed E-state index contributed by atoms with van der Waals surface area (Å²) in [6.07, 6.45) is 1.55. The van der Waals surface area contributed by atoms with Crippen molar-refractivity contribution < 1.29 is 24.0 Å². The number of benzene rings is 3. The number of aryl methyl sites for hydroxylation is 2. The Kier molecular flexibility index (Phi) is 23.1. The number of hydrogen-bond acceptors (Lipinski definition) is 5. The average Bonchev–Trinajstić information content (AvgIpc) is 3.00. The molecule has 0 saturated heterocycles. The first kappa shape index (κ1) is 38.2. The predicted molar refractivity (Wildman–Crippen MR) is 166 cm³/mol. The zero-order valence-corrected chi connectivity index (χ0v) is 26.1. The highest BCUT2D eigenvalue weighted by Gasteiger charge is 2.15. The first-order valence-corrected chi connectivity index (χ1v) is 14.0. The van der Waals surface area contributed by atoms with Crippen LogP contribution in [-0.2, 0) is 20.8 Å². The van der Waals surface area contributed by atoms with Crippen LogP contribution in [-0.4, -0.2) is 37.4 Å². The smallest absolute Gasteiger partial charge is 0.363 e. The van der Waals surface area contributed by atoms with Crippen molar-refractivity contribution in [3.05, 3.63) is 101 Å². The molecule has 0 fully saturated rings. The molecule has 3 aromatic rings. The number of hydroxylamine groups is 2. The summed E-state index contributed by atoms with van der Waals surface area (Å²) in [6, 6.07) is 23.3. The molecule has 0 heterocycles. The summed E-state index contributed by atoms with van der Waals surface area (Å²) in [5.74, 6) is -0.110. The summed E-state index contributed by atoms with van der Waals surface area (Å²) < 4.78 is 4.97. The van der Waals surface area contributed by atoms with Gasteiger partial charge in [-0.1, -0.05) is 101 Å². The van der Waals surface area contributed by atoms with E-state index >= 15 is 0 Å². The van der Waals surface area contributed by atoms with E-state index in [9.17, 15) is 14.4 Å². The molecule has 6 heteroatoms. The predicted octanol–water partition coefficient (Wildman–Crippen LogP) is 8.18. The van der Waals surface area contributed by atoms with E-state index in [0.29, 0.717) is 11.8 Å². The van der Waals surface area contributed by atoms with Gasteiger partial charge in [0.05, 0.1) is 12.7 Å². The van der Waals surface area contributed by atoms with Crippen LogP contribution >= 0.6 is 0 Å². The fourth-order valence-electron chi connectivity index (χ4n) is 3.06. The van der Waals surface area contributed by atoms with Gasteiger partial charge < -0.3 is 14.4 Å². The van der Waals surface area contributed by atoms with Gasteiger partial charge in [0.25, 0.3) is 5.91 Å². The number of carbonyl (C=O) groups excluding carboxylic acids is 3. The Morgan fingerprint density at radius 3 is 1.85 bits per heavy atom. The van der Waals surface area contributed by atoms with Crippen molar-refractivity contribution in [3.63, 3.8) is 0 Å². The second kappa shape index (κ2) is 24.1. The fourth-order valence-corrected chi connectivity index (χ4v) is 3.06. The van der Waals surface area contributed by atoms with Gasteiger partial charge in [-0.15, -0.1) is 0 Å². The lowest BCUT2D eigenvalue weighted by atomic mass is 10.0. The third-order valence-electron chi connectivity index (χ3n) is 4.98. The van der Waals surface area contributed by atoms with Gasteiger partial charge in [0.15, 0.2) is 0 Å². The third kappa shape index (κ3) is 16.1. The summed E-state index contributed by atoms with van der Waals surface area (Å²) in [7, 11) is 3.03. The van der Waals surface area contributed by atoms with Crippen molar-refractivity contribution >= 4 is 18.2 Å². The Balaban J connectivity index is 0. The molecule has 0 atom stereocenters. The number of methoxy groups -OCH3 is 1. The summed E-state index contributed by atoms with van der Waals surface area (Å²) in [5, 5.41) is 0.868. The van der Waals surface area contributed by atoms with E-state index in [-0.39, 0.29) is 12.8 Å². The highest BCUT2D eigenvalue weighted by atomic mass is 16.7. The zero-order chi connectivity index (χ0) is 30.9. The van der Waals surface area contributed by atoms with E-state index in [2.05, 4.69) is 32.0 Å². The average molecular weight is 552 g/mol. The van der Waals surface area contributed by atoms with Gasteiger partial charge in [-0.2, -0.15) is 5.06 Å². The molecule has 0 spiro atoms. The van der Waals surface area contributed by atoms with Crippen LogP contribution in [0.25, 0.3) is 0 Å². The highest BCUT2D eigenvalue weighted by molar-refractivity contribution is 5.90. The molecule has 0 aliphatic heterocycles. The quantitative estimate of drug-likeness (QED) is 0.219. The lowest BCUT2D eigenvalue weighted by Crippen LogP contribution is -2.29. The Bertz CT molecular complexity index is 1080. The molecular formula is C34H49NO5. The van der Waals surface area contributed by atoms with E-state index in [1.165, 1.54) is 23.7 Å². The van der Waals surface area contributed by atoms with E-state index in [0.717, 1.165) is 22.8 Å². The maximum absolute atomic E-state index is 12.1. The van der Waals surface area contributed by atoms with Crippen LogP contribution in [0.4, 0.5) is 0 Å². The molecule has 0 bridgehead atoms. The Morgan fingerprint density at radius 1 is 0.775 bits per heavy atom. The van der Waals surface area contributed by atoms with Crippen LogP contribution in [0.1, 0.15) is 87.0 Å². The van der Waals surface area contributed by atoms with Crippen LogP contribution < -0.4 is 4.74 Å². The van der Waals surface area contributed by atoms with Crippen molar-refractivity contribution in [1.82, 2.24) is 5.06 Å². The van der Waals surface area contributed by atoms with Gasteiger partial charge in [0.2, 0.25) is 0 Å². The number of rotatable bonds is 7. The van der Waals surface area contributed by atoms with Crippen LogP contribution in [0.3, 0.4) is 0 Å². The monoisotopic (exact) mass is 551 g/mol. The van der Waals surface area contributed by atoms with E-state index < -0.39 is 11.9 Å². The highest BCUT2D eigenvalue weighted by Crippen LogP contribution is 2.13. The minimum Gasteiger partial charge on any atom is -0.497 e. The van der Waals surface area contributed by atoms with Crippen molar-refractivity contribution in [3.8, 4) is 5.75 Å². The first-order chi connectivity index (χ1) is 19.3. The van der Waals surface area contributed by atoms with Crippen molar-refractivity contribution in [2.24, 2.45) is 0 Å². The second-order valence-corrected chi connectivity index (χ2v) is 7.86. The Labute approximate surface area is 242 Å². The van der Waals surface area contributed by atoms with Gasteiger partial charge in [-0.25, -0.2) is 4.79 Å². The van der Waals surface area contributed by atoms with E-state index in [4.69, 9.17) is 9.57 Å².